The van der Waals surface area contributed by atoms with Crippen LogP contribution in [0.4, 0.5) is 5.95 Å². The van der Waals surface area contributed by atoms with Crippen LogP contribution < -0.4 is 11.5 Å². The van der Waals surface area contributed by atoms with Crippen molar-refractivity contribution < 1.29 is 4.52 Å². The zero-order valence-corrected chi connectivity index (χ0v) is 7.16. The zero-order chi connectivity index (χ0) is 8.97. The Morgan fingerprint density at radius 3 is 2.75 bits per heavy atom. The molecular weight excluding hydrogens is 156 g/mol. The maximum absolute atomic E-state index is 5.53. The molecule has 0 fully saturated rings. The monoisotopic (exact) mass is 170 g/mol. The first kappa shape index (κ1) is 8.99. The highest BCUT2D eigenvalue weighted by Crippen LogP contribution is 2.18. The fourth-order valence-electron chi connectivity index (χ4n) is 1.10. The second-order valence-electron chi connectivity index (χ2n) is 2.71. The van der Waals surface area contributed by atoms with Gasteiger partial charge in [0.25, 0.3) is 5.95 Å². The fourth-order valence-corrected chi connectivity index (χ4v) is 1.10. The SMILES string of the molecule is CCCC(CN)c1nc(N)no1. The first-order chi connectivity index (χ1) is 5.77. The largest absolute Gasteiger partial charge is 0.365 e. The van der Waals surface area contributed by atoms with E-state index in [0.717, 1.165) is 12.8 Å². The van der Waals surface area contributed by atoms with Gasteiger partial charge in [-0.15, -0.1) is 0 Å². The lowest BCUT2D eigenvalue weighted by molar-refractivity contribution is 0.348. The van der Waals surface area contributed by atoms with Crippen molar-refractivity contribution in [3.8, 4) is 0 Å². The summed E-state index contributed by atoms with van der Waals surface area (Å²) in [6.07, 6.45) is 2.00. The van der Waals surface area contributed by atoms with E-state index in [1.807, 2.05) is 0 Å². The Morgan fingerprint density at radius 1 is 1.58 bits per heavy atom. The molecule has 0 aliphatic heterocycles. The lowest BCUT2D eigenvalue weighted by Crippen LogP contribution is -2.12. The Balaban J connectivity index is 2.66. The first-order valence-corrected chi connectivity index (χ1v) is 4.07. The van der Waals surface area contributed by atoms with Gasteiger partial charge in [0.15, 0.2) is 0 Å². The molecule has 0 bridgehead atoms. The predicted molar refractivity (Wildman–Crippen MR) is 45.4 cm³/mol. The number of hydrogen-bond donors (Lipinski definition) is 2. The molecule has 0 aliphatic carbocycles. The van der Waals surface area contributed by atoms with Gasteiger partial charge in [-0.05, 0) is 11.6 Å². The maximum atomic E-state index is 5.53. The summed E-state index contributed by atoms with van der Waals surface area (Å²) >= 11 is 0. The fraction of sp³-hybridized carbons (Fsp3) is 0.714. The van der Waals surface area contributed by atoms with Crippen LogP contribution in [0.15, 0.2) is 4.52 Å². The highest BCUT2D eigenvalue weighted by Gasteiger charge is 2.15. The summed E-state index contributed by atoms with van der Waals surface area (Å²) < 4.78 is 4.90. The number of rotatable bonds is 4. The molecule has 0 saturated heterocycles. The molecule has 0 radical (unpaired) electrons. The third kappa shape index (κ3) is 1.94. The molecule has 68 valence electrons. The van der Waals surface area contributed by atoms with Gasteiger partial charge >= 0.3 is 0 Å². The zero-order valence-electron chi connectivity index (χ0n) is 7.16. The number of nitrogens with zero attached hydrogens (tertiary/aromatic N) is 2. The summed E-state index contributed by atoms with van der Waals surface area (Å²) in [6.45, 7) is 2.61. The molecule has 0 saturated carbocycles. The van der Waals surface area contributed by atoms with E-state index in [9.17, 15) is 0 Å². The highest BCUT2D eigenvalue weighted by atomic mass is 16.5. The standard InChI is InChI=1S/C7H14N4O/c1-2-3-5(4-8)6-10-7(9)11-12-6/h5H,2-4,8H2,1H3,(H2,9,11). The van der Waals surface area contributed by atoms with E-state index in [-0.39, 0.29) is 11.9 Å². The van der Waals surface area contributed by atoms with Crippen molar-refractivity contribution in [1.82, 2.24) is 10.1 Å². The third-order valence-electron chi connectivity index (χ3n) is 1.73. The molecule has 12 heavy (non-hydrogen) atoms. The van der Waals surface area contributed by atoms with Crippen LogP contribution in [0.3, 0.4) is 0 Å². The van der Waals surface area contributed by atoms with Gasteiger partial charge in [0.2, 0.25) is 5.89 Å². The Labute approximate surface area is 71.1 Å². The molecule has 1 heterocycles. The van der Waals surface area contributed by atoms with Gasteiger partial charge in [0, 0.05) is 6.54 Å². The summed E-state index contributed by atoms with van der Waals surface area (Å²) in [5.74, 6) is 0.885. The van der Waals surface area contributed by atoms with E-state index in [1.54, 1.807) is 0 Å². The molecule has 0 amide bonds. The van der Waals surface area contributed by atoms with Gasteiger partial charge in [-0.2, -0.15) is 4.98 Å². The van der Waals surface area contributed by atoms with Crippen molar-refractivity contribution in [2.24, 2.45) is 5.73 Å². The molecule has 5 nitrogen and oxygen atoms in total. The minimum absolute atomic E-state index is 0.153. The number of nitrogens with two attached hydrogens (primary N) is 2. The van der Waals surface area contributed by atoms with Gasteiger partial charge < -0.3 is 16.0 Å². The van der Waals surface area contributed by atoms with Gasteiger partial charge in [0.1, 0.15) is 0 Å². The Hall–Kier alpha value is -1.10. The molecule has 1 aromatic heterocycles. The lowest BCUT2D eigenvalue weighted by atomic mass is 10.0. The first-order valence-electron chi connectivity index (χ1n) is 4.07. The van der Waals surface area contributed by atoms with Crippen LogP contribution in [0, 0.1) is 0 Å². The molecule has 1 atom stereocenters. The van der Waals surface area contributed by atoms with E-state index in [4.69, 9.17) is 16.0 Å². The molecule has 1 aromatic rings. The molecule has 1 unspecified atom stereocenters. The predicted octanol–water partition coefficient (Wildman–Crippen LogP) is 0.494. The number of hydrogen-bond acceptors (Lipinski definition) is 5. The lowest BCUT2D eigenvalue weighted by Gasteiger charge is -2.06. The summed E-state index contributed by atoms with van der Waals surface area (Å²) in [7, 11) is 0. The van der Waals surface area contributed by atoms with Crippen LogP contribution in [-0.2, 0) is 0 Å². The number of nitrogen functional groups attached to an aromatic ring is 1. The van der Waals surface area contributed by atoms with E-state index in [0.29, 0.717) is 12.4 Å². The Morgan fingerprint density at radius 2 is 2.33 bits per heavy atom. The molecule has 5 heteroatoms. The summed E-state index contributed by atoms with van der Waals surface area (Å²) in [5, 5.41) is 3.50. The van der Waals surface area contributed by atoms with Crippen LogP contribution in [-0.4, -0.2) is 16.7 Å². The number of aromatic nitrogens is 2. The molecule has 0 aromatic carbocycles. The molecule has 0 spiro atoms. The molecule has 4 N–H and O–H groups in total. The van der Waals surface area contributed by atoms with Crippen molar-refractivity contribution >= 4 is 5.95 Å². The van der Waals surface area contributed by atoms with Crippen LogP contribution >= 0.6 is 0 Å². The van der Waals surface area contributed by atoms with E-state index >= 15 is 0 Å². The smallest absolute Gasteiger partial charge is 0.260 e. The maximum Gasteiger partial charge on any atom is 0.260 e. The minimum Gasteiger partial charge on any atom is -0.365 e. The van der Waals surface area contributed by atoms with Crippen molar-refractivity contribution in [2.45, 2.75) is 25.7 Å². The number of anilines is 1. The quantitative estimate of drug-likeness (QED) is 0.686. The van der Waals surface area contributed by atoms with Gasteiger partial charge in [0.05, 0.1) is 5.92 Å². The van der Waals surface area contributed by atoms with Gasteiger partial charge in [-0.3, -0.25) is 0 Å². The molecule has 1 rings (SSSR count). The highest BCUT2D eigenvalue weighted by molar-refractivity contribution is 5.12. The average molecular weight is 170 g/mol. The van der Waals surface area contributed by atoms with Crippen molar-refractivity contribution in [2.75, 3.05) is 12.3 Å². The normalized spacial score (nSPS) is 13.2. The average Bonchev–Trinajstić information content (AvgIpc) is 2.47. The third-order valence-corrected chi connectivity index (χ3v) is 1.73. The van der Waals surface area contributed by atoms with Gasteiger partial charge in [-0.1, -0.05) is 13.3 Å². The van der Waals surface area contributed by atoms with Crippen LogP contribution in [0.1, 0.15) is 31.6 Å². The van der Waals surface area contributed by atoms with Crippen LogP contribution in [0.25, 0.3) is 0 Å². The Kier molecular flexibility index (Phi) is 3.04. The topological polar surface area (TPSA) is 91.0 Å². The van der Waals surface area contributed by atoms with Crippen LogP contribution in [0.2, 0.25) is 0 Å². The van der Waals surface area contributed by atoms with Crippen molar-refractivity contribution in [3.63, 3.8) is 0 Å². The van der Waals surface area contributed by atoms with Crippen LogP contribution in [0.5, 0.6) is 0 Å². The van der Waals surface area contributed by atoms with Crippen molar-refractivity contribution in [3.05, 3.63) is 5.89 Å². The van der Waals surface area contributed by atoms with E-state index in [1.165, 1.54) is 0 Å². The second kappa shape index (κ2) is 4.06. The summed E-state index contributed by atoms with van der Waals surface area (Å²) in [5.41, 5.74) is 10.8. The van der Waals surface area contributed by atoms with E-state index in [2.05, 4.69) is 17.1 Å². The molecule has 0 aliphatic rings. The summed E-state index contributed by atoms with van der Waals surface area (Å²) in [4.78, 5) is 3.92. The van der Waals surface area contributed by atoms with Gasteiger partial charge in [-0.25, -0.2) is 0 Å². The summed E-state index contributed by atoms with van der Waals surface area (Å²) in [6, 6.07) is 0. The second-order valence-corrected chi connectivity index (χ2v) is 2.71. The Bertz CT molecular complexity index is 235. The van der Waals surface area contributed by atoms with E-state index < -0.39 is 0 Å². The minimum atomic E-state index is 0.153. The molecular formula is C7H14N4O. The van der Waals surface area contributed by atoms with Crippen molar-refractivity contribution in [1.29, 1.82) is 0 Å².